The van der Waals surface area contributed by atoms with Crippen LogP contribution in [0.3, 0.4) is 0 Å². The van der Waals surface area contributed by atoms with Gasteiger partial charge in [-0.25, -0.2) is 8.42 Å². The summed E-state index contributed by atoms with van der Waals surface area (Å²) in [6, 6.07) is 0.278. The van der Waals surface area contributed by atoms with Gasteiger partial charge < -0.3 is 9.64 Å². The molecular weight excluding hydrogens is 368 g/mol. The van der Waals surface area contributed by atoms with Crippen LogP contribution in [-0.2, 0) is 26.1 Å². The summed E-state index contributed by atoms with van der Waals surface area (Å²) in [7, 11) is -3.63. The van der Waals surface area contributed by atoms with E-state index in [0.29, 0.717) is 37.7 Å². The molecule has 2 aliphatic rings. The van der Waals surface area contributed by atoms with Crippen LogP contribution in [0.15, 0.2) is 4.90 Å². The smallest absolute Gasteiger partial charge is 0.246 e. The molecule has 0 unspecified atom stereocenters. The molecule has 3 heterocycles. The molecule has 0 N–H and O–H groups in total. The lowest BCUT2D eigenvalue weighted by Crippen LogP contribution is -2.45. The Kier molecular flexibility index (Phi) is 6.22. The number of sulfonamides is 1. The third-order valence-corrected chi connectivity index (χ3v) is 7.74. The Hall–Kier alpha value is -1.45. The fourth-order valence-electron chi connectivity index (χ4n) is 4.10. The number of hydrogen-bond acceptors (Lipinski definition) is 5. The van der Waals surface area contributed by atoms with Gasteiger partial charge in [-0.3, -0.25) is 9.48 Å². The monoisotopic (exact) mass is 398 g/mol. The highest BCUT2D eigenvalue weighted by atomic mass is 32.2. The van der Waals surface area contributed by atoms with E-state index in [1.54, 1.807) is 18.5 Å². The number of ether oxygens (including phenoxy) is 1. The number of aromatic nitrogens is 2. The van der Waals surface area contributed by atoms with Gasteiger partial charge in [-0.2, -0.15) is 9.40 Å². The van der Waals surface area contributed by atoms with Crippen molar-refractivity contribution in [3.8, 4) is 0 Å². The van der Waals surface area contributed by atoms with E-state index in [-0.39, 0.29) is 23.4 Å². The van der Waals surface area contributed by atoms with Crippen LogP contribution in [0.1, 0.15) is 44.0 Å². The van der Waals surface area contributed by atoms with Crippen LogP contribution in [0.25, 0.3) is 0 Å². The van der Waals surface area contributed by atoms with Crippen LogP contribution < -0.4 is 0 Å². The van der Waals surface area contributed by atoms with Crippen molar-refractivity contribution in [3.05, 3.63) is 11.4 Å². The summed E-state index contributed by atoms with van der Waals surface area (Å²) in [6.45, 7) is 7.87. The van der Waals surface area contributed by atoms with Gasteiger partial charge in [-0.05, 0) is 39.5 Å². The maximum Gasteiger partial charge on any atom is 0.246 e. The molecule has 8 nitrogen and oxygen atoms in total. The lowest BCUT2D eigenvalue weighted by Gasteiger charge is -2.35. The number of hydrogen-bond donors (Lipinski definition) is 0. The molecule has 0 bridgehead atoms. The van der Waals surface area contributed by atoms with Gasteiger partial charge in [0.1, 0.15) is 11.4 Å². The zero-order valence-corrected chi connectivity index (χ0v) is 17.3. The summed E-state index contributed by atoms with van der Waals surface area (Å²) < 4.78 is 34.3. The Morgan fingerprint density at radius 3 is 2.56 bits per heavy atom. The summed E-state index contributed by atoms with van der Waals surface area (Å²) in [6.07, 6.45) is 4.16. The average molecular weight is 399 g/mol. The van der Waals surface area contributed by atoms with Gasteiger partial charge in [-0.1, -0.05) is 6.92 Å². The first-order valence-corrected chi connectivity index (χ1v) is 11.2. The Morgan fingerprint density at radius 2 is 1.89 bits per heavy atom. The normalized spacial score (nSPS) is 22.2. The highest BCUT2D eigenvalue weighted by Crippen LogP contribution is 2.25. The van der Waals surface area contributed by atoms with Crippen LogP contribution in [0.4, 0.5) is 0 Å². The number of carbonyl (C=O) groups is 1. The molecule has 0 spiro atoms. The fourth-order valence-corrected chi connectivity index (χ4v) is 5.88. The zero-order valence-electron chi connectivity index (χ0n) is 16.5. The number of nitrogens with zero attached hydrogens (tertiary/aromatic N) is 4. The molecule has 152 valence electrons. The van der Waals surface area contributed by atoms with Gasteiger partial charge in [0.2, 0.25) is 15.9 Å². The van der Waals surface area contributed by atoms with Crippen molar-refractivity contribution in [1.82, 2.24) is 19.0 Å². The average Bonchev–Trinajstić information content (AvgIpc) is 2.96. The minimum atomic E-state index is -3.63. The minimum Gasteiger partial charge on any atom is -0.379 e. The van der Waals surface area contributed by atoms with Crippen molar-refractivity contribution in [3.63, 3.8) is 0 Å². The van der Waals surface area contributed by atoms with Gasteiger partial charge in [0.25, 0.3) is 0 Å². The second-order valence-corrected chi connectivity index (χ2v) is 9.19. The first kappa shape index (κ1) is 20.3. The number of morpholine rings is 1. The molecule has 2 saturated heterocycles. The van der Waals surface area contributed by atoms with E-state index in [0.717, 1.165) is 32.2 Å². The topological polar surface area (TPSA) is 84.7 Å². The lowest BCUT2D eigenvalue weighted by molar-refractivity contribution is -0.135. The van der Waals surface area contributed by atoms with Crippen molar-refractivity contribution in [1.29, 1.82) is 0 Å². The molecule has 3 rings (SSSR count). The van der Waals surface area contributed by atoms with Gasteiger partial charge >= 0.3 is 0 Å². The second-order valence-electron chi connectivity index (χ2n) is 7.32. The molecule has 1 aromatic heterocycles. The second kappa shape index (κ2) is 8.28. The lowest BCUT2D eigenvalue weighted by atomic mass is 10.00. The summed E-state index contributed by atoms with van der Waals surface area (Å²) in [5, 5.41) is 4.39. The van der Waals surface area contributed by atoms with Crippen molar-refractivity contribution >= 4 is 15.9 Å². The van der Waals surface area contributed by atoms with Crippen LogP contribution in [0.5, 0.6) is 0 Å². The molecule has 0 aliphatic carbocycles. The maximum atomic E-state index is 13.0. The third kappa shape index (κ3) is 4.05. The van der Waals surface area contributed by atoms with E-state index in [9.17, 15) is 13.2 Å². The largest absolute Gasteiger partial charge is 0.379 e. The van der Waals surface area contributed by atoms with Crippen LogP contribution >= 0.6 is 0 Å². The maximum absolute atomic E-state index is 13.0. The van der Waals surface area contributed by atoms with Crippen molar-refractivity contribution in [2.45, 2.75) is 63.9 Å². The molecule has 1 aromatic rings. The van der Waals surface area contributed by atoms with E-state index < -0.39 is 10.0 Å². The SMILES string of the molecule is CC[C@H]1CCCCN1C(=O)Cn1nc(C)c(S(=O)(=O)N2CCOCC2)c1C. The number of piperidine rings is 1. The van der Waals surface area contributed by atoms with Crippen LogP contribution in [0.2, 0.25) is 0 Å². The Morgan fingerprint density at radius 1 is 1.19 bits per heavy atom. The summed E-state index contributed by atoms with van der Waals surface area (Å²) in [4.78, 5) is 15.0. The zero-order chi connectivity index (χ0) is 19.6. The summed E-state index contributed by atoms with van der Waals surface area (Å²) in [5.74, 6) is 0.0162. The highest BCUT2D eigenvalue weighted by molar-refractivity contribution is 7.89. The fraction of sp³-hybridized carbons (Fsp3) is 0.778. The minimum absolute atomic E-state index is 0.0162. The van der Waals surface area contributed by atoms with E-state index in [4.69, 9.17) is 4.74 Å². The molecule has 2 aliphatic heterocycles. The molecule has 0 aromatic carbocycles. The highest BCUT2D eigenvalue weighted by Gasteiger charge is 2.33. The van der Waals surface area contributed by atoms with E-state index in [1.807, 2.05) is 4.90 Å². The van der Waals surface area contributed by atoms with E-state index >= 15 is 0 Å². The standard InChI is InChI=1S/C18H30N4O4S/c1-4-16-7-5-6-8-21(16)17(23)13-22-15(3)18(14(2)19-22)27(24,25)20-9-11-26-12-10-20/h16H,4-13H2,1-3H3/t16-/m0/s1. The predicted octanol–water partition coefficient (Wildman–Crippen LogP) is 1.31. The number of carbonyl (C=O) groups excluding carboxylic acids is 1. The number of amides is 1. The van der Waals surface area contributed by atoms with Crippen LogP contribution in [-0.4, -0.2) is 72.2 Å². The molecule has 0 radical (unpaired) electrons. The quantitative estimate of drug-likeness (QED) is 0.747. The summed E-state index contributed by atoms with van der Waals surface area (Å²) in [5.41, 5.74) is 0.967. The number of likely N-dealkylation sites (tertiary alicyclic amines) is 1. The van der Waals surface area contributed by atoms with Gasteiger partial charge in [0.15, 0.2) is 0 Å². The first-order chi connectivity index (χ1) is 12.9. The van der Waals surface area contributed by atoms with Crippen LogP contribution in [0, 0.1) is 13.8 Å². The predicted molar refractivity (Wildman–Crippen MR) is 101 cm³/mol. The molecule has 0 saturated carbocycles. The van der Waals surface area contributed by atoms with Crippen molar-refractivity contribution in [2.75, 3.05) is 32.8 Å². The molecule has 1 atom stereocenters. The summed E-state index contributed by atoms with van der Waals surface area (Å²) >= 11 is 0. The first-order valence-electron chi connectivity index (χ1n) is 9.77. The number of aryl methyl sites for hydroxylation is 1. The molecule has 2 fully saturated rings. The van der Waals surface area contributed by atoms with Gasteiger partial charge in [0, 0.05) is 25.7 Å². The van der Waals surface area contributed by atoms with E-state index in [1.165, 1.54) is 4.31 Å². The Balaban J connectivity index is 1.82. The van der Waals surface area contributed by atoms with E-state index in [2.05, 4.69) is 12.0 Å². The Labute approximate surface area is 161 Å². The Bertz CT molecular complexity index is 784. The molecule has 1 amide bonds. The van der Waals surface area contributed by atoms with Gasteiger partial charge in [0.05, 0.1) is 24.6 Å². The molecular formula is C18H30N4O4S. The number of rotatable bonds is 5. The van der Waals surface area contributed by atoms with Gasteiger partial charge in [-0.15, -0.1) is 0 Å². The third-order valence-electron chi connectivity index (χ3n) is 5.59. The van der Waals surface area contributed by atoms with Crippen molar-refractivity contribution < 1.29 is 17.9 Å². The molecule has 27 heavy (non-hydrogen) atoms. The van der Waals surface area contributed by atoms with Crippen molar-refractivity contribution in [2.24, 2.45) is 0 Å². The molecule has 9 heteroatoms.